The van der Waals surface area contributed by atoms with Crippen LogP contribution in [0, 0.1) is 0 Å². The number of amides is 1. The summed E-state index contributed by atoms with van der Waals surface area (Å²) in [5.41, 5.74) is 9.06. The number of nitrogens with zero attached hydrogens (tertiary/aromatic N) is 1. The number of nitrogens with two attached hydrogens (primary N) is 1. The first-order valence-corrected chi connectivity index (χ1v) is 9.97. The lowest BCUT2D eigenvalue weighted by atomic mass is 10.0. The minimum absolute atomic E-state index is 0.0867. The molecule has 156 valence electrons. The molecule has 0 spiro atoms. The van der Waals surface area contributed by atoms with Crippen LogP contribution < -0.4 is 16.6 Å². The van der Waals surface area contributed by atoms with Gasteiger partial charge in [-0.05, 0) is 37.5 Å². The summed E-state index contributed by atoms with van der Waals surface area (Å²) >= 11 is 0. The predicted octanol–water partition coefficient (Wildman–Crippen LogP) is 2.92. The fraction of sp³-hybridized carbons (Fsp3) is 0.261. The monoisotopic (exact) mass is 406 g/mol. The summed E-state index contributed by atoms with van der Waals surface area (Å²) in [4.78, 5) is 31.6. The second-order valence-corrected chi connectivity index (χ2v) is 6.84. The molecule has 0 radical (unpaired) electrons. The molecule has 3 rings (SSSR count). The van der Waals surface area contributed by atoms with E-state index >= 15 is 0 Å². The molecule has 0 fully saturated rings. The van der Waals surface area contributed by atoms with Crippen LogP contribution in [0.4, 0.5) is 5.95 Å². The van der Waals surface area contributed by atoms with Crippen LogP contribution >= 0.6 is 0 Å². The molecule has 0 aliphatic carbocycles. The van der Waals surface area contributed by atoms with Crippen LogP contribution in [0.5, 0.6) is 0 Å². The van der Waals surface area contributed by atoms with Crippen molar-refractivity contribution in [3.8, 4) is 11.3 Å². The SMILES string of the molecule is CCOCc1ccc(C(=O)NCCCc2c(-c3ccccc3)nc(N)[nH]c2=O)cc1. The predicted molar refractivity (Wildman–Crippen MR) is 117 cm³/mol. The van der Waals surface area contributed by atoms with E-state index in [0.29, 0.717) is 49.4 Å². The second kappa shape index (κ2) is 10.4. The van der Waals surface area contributed by atoms with Crippen LogP contribution in [0.25, 0.3) is 11.3 Å². The van der Waals surface area contributed by atoms with Gasteiger partial charge in [-0.3, -0.25) is 14.6 Å². The minimum atomic E-state index is -0.252. The Morgan fingerprint density at radius 1 is 1.13 bits per heavy atom. The maximum Gasteiger partial charge on any atom is 0.256 e. The highest BCUT2D eigenvalue weighted by atomic mass is 16.5. The van der Waals surface area contributed by atoms with Gasteiger partial charge in [0.2, 0.25) is 5.95 Å². The van der Waals surface area contributed by atoms with Crippen LogP contribution in [-0.4, -0.2) is 29.0 Å². The third-order valence-corrected chi connectivity index (χ3v) is 4.66. The summed E-state index contributed by atoms with van der Waals surface area (Å²) in [6.07, 6.45) is 1.07. The van der Waals surface area contributed by atoms with Crippen molar-refractivity contribution in [1.29, 1.82) is 0 Å². The molecule has 1 aromatic heterocycles. The Morgan fingerprint density at radius 2 is 1.87 bits per heavy atom. The Kier molecular flexibility index (Phi) is 7.34. The van der Waals surface area contributed by atoms with E-state index in [4.69, 9.17) is 10.5 Å². The third kappa shape index (κ3) is 5.55. The van der Waals surface area contributed by atoms with Crippen LogP contribution in [0.1, 0.15) is 34.8 Å². The number of rotatable bonds is 9. The number of nitrogens with one attached hydrogen (secondary N) is 2. The molecule has 0 unspecified atom stereocenters. The molecular weight excluding hydrogens is 380 g/mol. The van der Waals surface area contributed by atoms with Gasteiger partial charge in [0.25, 0.3) is 11.5 Å². The summed E-state index contributed by atoms with van der Waals surface area (Å²) in [5.74, 6) is -0.0609. The number of hydrogen-bond acceptors (Lipinski definition) is 5. The first kappa shape index (κ1) is 21.3. The summed E-state index contributed by atoms with van der Waals surface area (Å²) < 4.78 is 5.36. The molecule has 0 saturated carbocycles. The number of nitrogen functional groups attached to an aromatic ring is 1. The molecule has 7 heteroatoms. The van der Waals surface area contributed by atoms with E-state index in [1.807, 2.05) is 49.4 Å². The lowest BCUT2D eigenvalue weighted by molar-refractivity contribution is 0.0953. The molecule has 30 heavy (non-hydrogen) atoms. The molecule has 0 aliphatic heterocycles. The van der Waals surface area contributed by atoms with Gasteiger partial charge < -0.3 is 15.8 Å². The fourth-order valence-corrected chi connectivity index (χ4v) is 3.12. The van der Waals surface area contributed by atoms with Gasteiger partial charge in [-0.1, -0.05) is 42.5 Å². The summed E-state index contributed by atoms with van der Waals surface area (Å²) in [6.45, 7) is 3.57. The topological polar surface area (TPSA) is 110 Å². The Labute approximate surface area is 175 Å². The van der Waals surface area contributed by atoms with Gasteiger partial charge in [0, 0.05) is 29.8 Å². The Bertz CT molecular complexity index is 1030. The van der Waals surface area contributed by atoms with Crippen molar-refractivity contribution in [3.05, 3.63) is 81.6 Å². The van der Waals surface area contributed by atoms with Crippen molar-refractivity contribution in [3.63, 3.8) is 0 Å². The first-order valence-electron chi connectivity index (χ1n) is 9.97. The lowest BCUT2D eigenvalue weighted by Gasteiger charge is -2.10. The molecule has 7 nitrogen and oxygen atoms in total. The van der Waals surface area contributed by atoms with Crippen LogP contribution in [0.2, 0.25) is 0 Å². The highest BCUT2D eigenvalue weighted by molar-refractivity contribution is 5.94. The number of carbonyl (C=O) groups is 1. The van der Waals surface area contributed by atoms with Gasteiger partial charge >= 0.3 is 0 Å². The van der Waals surface area contributed by atoms with E-state index in [1.165, 1.54) is 0 Å². The molecule has 2 aromatic carbocycles. The molecule has 0 saturated heterocycles. The molecule has 4 N–H and O–H groups in total. The van der Waals surface area contributed by atoms with Crippen molar-refractivity contribution in [2.24, 2.45) is 0 Å². The number of ether oxygens (including phenoxy) is 1. The fourth-order valence-electron chi connectivity index (χ4n) is 3.12. The molecule has 0 atom stereocenters. The lowest BCUT2D eigenvalue weighted by Crippen LogP contribution is -2.26. The van der Waals surface area contributed by atoms with Crippen LogP contribution in [0.3, 0.4) is 0 Å². The molecule has 0 bridgehead atoms. The van der Waals surface area contributed by atoms with Gasteiger partial charge in [0.05, 0.1) is 12.3 Å². The van der Waals surface area contributed by atoms with E-state index in [-0.39, 0.29) is 17.4 Å². The van der Waals surface area contributed by atoms with Gasteiger partial charge in [0.1, 0.15) is 0 Å². The standard InChI is InChI=1S/C23H26N4O3/c1-2-30-15-16-10-12-18(13-11-16)21(28)25-14-6-9-19-20(17-7-4-3-5-8-17)26-23(24)27-22(19)29/h3-5,7-8,10-13H,2,6,9,14-15H2,1H3,(H,25,28)(H3,24,26,27,29). The number of H-pyrrole nitrogens is 1. The van der Waals surface area contributed by atoms with E-state index in [1.54, 1.807) is 12.1 Å². The Hall–Kier alpha value is -3.45. The number of benzene rings is 2. The van der Waals surface area contributed by atoms with Crippen molar-refractivity contribution in [2.75, 3.05) is 18.9 Å². The van der Waals surface area contributed by atoms with Gasteiger partial charge in [-0.25, -0.2) is 4.98 Å². The smallest absolute Gasteiger partial charge is 0.256 e. The summed E-state index contributed by atoms with van der Waals surface area (Å²) in [6, 6.07) is 16.8. The third-order valence-electron chi connectivity index (χ3n) is 4.66. The van der Waals surface area contributed by atoms with E-state index in [2.05, 4.69) is 15.3 Å². The molecule has 1 amide bonds. The van der Waals surface area contributed by atoms with Gasteiger partial charge in [0.15, 0.2) is 0 Å². The molecule has 1 heterocycles. The van der Waals surface area contributed by atoms with Crippen LogP contribution in [-0.2, 0) is 17.8 Å². The second-order valence-electron chi connectivity index (χ2n) is 6.84. The average Bonchev–Trinajstić information content (AvgIpc) is 2.77. The van der Waals surface area contributed by atoms with E-state index < -0.39 is 0 Å². The largest absolute Gasteiger partial charge is 0.377 e. The molecule has 3 aromatic rings. The Morgan fingerprint density at radius 3 is 2.57 bits per heavy atom. The minimum Gasteiger partial charge on any atom is -0.377 e. The number of hydrogen-bond donors (Lipinski definition) is 3. The number of aromatic amines is 1. The first-order chi connectivity index (χ1) is 14.6. The normalized spacial score (nSPS) is 10.7. The maximum absolute atomic E-state index is 12.4. The number of carbonyl (C=O) groups excluding carboxylic acids is 1. The zero-order chi connectivity index (χ0) is 21.3. The molecule has 0 aliphatic rings. The highest BCUT2D eigenvalue weighted by Crippen LogP contribution is 2.20. The Balaban J connectivity index is 1.59. The van der Waals surface area contributed by atoms with Crippen molar-refractivity contribution >= 4 is 11.9 Å². The number of aromatic nitrogens is 2. The van der Waals surface area contributed by atoms with Crippen molar-refractivity contribution in [2.45, 2.75) is 26.4 Å². The molecular formula is C23H26N4O3. The van der Waals surface area contributed by atoms with Crippen molar-refractivity contribution < 1.29 is 9.53 Å². The van der Waals surface area contributed by atoms with Gasteiger partial charge in [-0.2, -0.15) is 0 Å². The van der Waals surface area contributed by atoms with Gasteiger partial charge in [-0.15, -0.1) is 0 Å². The van der Waals surface area contributed by atoms with Crippen LogP contribution in [0.15, 0.2) is 59.4 Å². The summed E-state index contributed by atoms with van der Waals surface area (Å²) in [7, 11) is 0. The zero-order valence-corrected chi connectivity index (χ0v) is 17.0. The van der Waals surface area contributed by atoms with E-state index in [0.717, 1.165) is 11.1 Å². The van der Waals surface area contributed by atoms with Crippen molar-refractivity contribution in [1.82, 2.24) is 15.3 Å². The van der Waals surface area contributed by atoms with E-state index in [9.17, 15) is 9.59 Å². The zero-order valence-electron chi connectivity index (χ0n) is 17.0. The quantitative estimate of drug-likeness (QED) is 0.473. The average molecular weight is 406 g/mol. The number of anilines is 1. The summed E-state index contributed by atoms with van der Waals surface area (Å²) in [5, 5.41) is 2.89. The highest BCUT2D eigenvalue weighted by Gasteiger charge is 2.13. The maximum atomic E-state index is 12.4.